The Bertz CT molecular complexity index is 6910. The van der Waals surface area contributed by atoms with Gasteiger partial charge in [0.15, 0.2) is 0 Å². The molecule has 18 aromatic rings. The van der Waals surface area contributed by atoms with Crippen molar-refractivity contribution in [2.75, 3.05) is 0 Å². The fraction of sp³-hybridized carbons (Fsp3) is 0.189. The number of benzene rings is 12. The monoisotopic (exact) mass is 1480 g/mol. The topological polar surface area (TPSA) is 87.2 Å². The van der Waals surface area contributed by atoms with Gasteiger partial charge in [-0.2, -0.15) is 0 Å². The third-order valence-electron chi connectivity index (χ3n) is 24.9. The molecule has 0 aliphatic rings. The minimum Gasteiger partial charge on any atom is -0.341 e. The molecule has 0 amide bonds. The first-order valence-electron chi connectivity index (χ1n) is 40.1. The van der Waals surface area contributed by atoms with Crippen molar-refractivity contribution in [3.05, 3.63) is 314 Å². The van der Waals surface area contributed by atoms with E-state index in [4.69, 9.17) is 29.9 Å². The van der Waals surface area contributed by atoms with E-state index in [2.05, 4.69) is 339 Å². The van der Waals surface area contributed by atoms with E-state index in [0.717, 1.165) is 125 Å². The molecule has 6 heterocycles. The predicted octanol–water partition coefficient (Wildman–Crippen LogP) is 27.8. The van der Waals surface area contributed by atoms with E-state index < -0.39 is 0 Å². The second kappa shape index (κ2) is 27.8. The first-order chi connectivity index (χ1) is 54.9. The molecule has 0 aliphatic heterocycles. The van der Waals surface area contributed by atoms with Crippen molar-refractivity contribution in [3.63, 3.8) is 0 Å². The molecule has 0 spiro atoms. The summed E-state index contributed by atoms with van der Waals surface area (Å²) in [6.07, 6.45) is 0. The smallest absolute Gasteiger partial charge is 0.125 e. The van der Waals surface area contributed by atoms with Crippen LogP contribution in [0.5, 0.6) is 0 Å². The highest BCUT2D eigenvalue weighted by Crippen LogP contribution is 2.52. The SMILES string of the molecule is CCn1c2ccc(-c3ccc4ccc(-c5ccc6ccc(-n7c8c(C)c(C)c(C)c(-c9cccc(-c%10c(C)nc(C)nc%10C)c9)c8c8c(-c9cccc(-c%10c(C)nc(C)nc%10C)c9)c(C)c(C)c(C)c87)cc6c5)cc4c3)cc2c2cc(-c3cccc(-c4c(C)cc(C)nc4C)c3)c(-c3cccc(-c4c(C)cc(C)nc4C)c3)cc21. The molecule has 6 aromatic heterocycles. The van der Waals surface area contributed by atoms with Crippen LogP contribution in [0.25, 0.3) is 182 Å². The summed E-state index contributed by atoms with van der Waals surface area (Å²) in [5.41, 5.74) is 47.3. The highest BCUT2D eigenvalue weighted by Gasteiger charge is 2.30. The van der Waals surface area contributed by atoms with Crippen molar-refractivity contribution < 1.29 is 0 Å². The summed E-state index contributed by atoms with van der Waals surface area (Å²) < 4.78 is 5.12. The molecule has 0 radical (unpaired) electrons. The van der Waals surface area contributed by atoms with Crippen LogP contribution in [-0.2, 0) is 6.54 Å². The molecule has 0 saturated heterocycles. The van der Waals surface area contributed by atoms with Gasteiger partial charge >= 0.3 is 0 Å². The molecule has 0 unspecified atom stereocenters. The number of hydrogen-bond acceptors (Lipinski definition) is 6. The zero-order chi connectivity index (χ0) is 79.3. The van der Waals surface area contributed by atoms with E-state index >= 15 is 0 Å². The predicted molar refractivity (Wildman–Crippen MR) is 481 cm³/mol. The molecule has 12 aromatic carbocycles. The van der Waals surface area contributed by atoms with Crippen molar-refractivity contribution >= 4 is 65.2 Å². The van der Waals surface area contributed by atoms with Crippen LogP contribution < -0.4 is 0 Å². The number of pyridine rings is 2. The maximum atomic E-state index is 4.96. The van der Waals surface area contributed by atoms with E-state index in [0.29, 0.717) is 0 Å². The number of nitrogens with zero attached hydrogens (tertiary/aromatic N) is 8. The van der Waals surface area contributed by atoms with Gasteiger partial charge in [-0.25, -0.2) is 19.9 Å². The molecule has 18 rings (SSSR count). The van der Waals surface area contributed by atoms with Crippen molar-refractivity contribution in [2.24, 2.45) is 0 Å². The lowest BCUT2D eigenvalue weighted by molar-refractivity contribution is 0.827. The van der Waals surface area contributed by atoms with Gasteiger partial charge in [0.25, 0.3) is 0 Å². The lowest BCUT2D eigenvalue weighted by atomic mass is 9.84. The molecule has 8 heteroatoms. The van der Waals surface area contributed by atoms with E-state index in [9.17, 15) is 0 Å². The number of hydrogen-bond donors (Lipinski definition) is 0. The second-order valence-electron chi connectivity index (χ2n) is 32.2. The Kier molecular flexibility index (Phi) is 17.8. The summed E-state index contributed by atoms with van der Waals surface area (Å²) in [6.45, 7) is 42.3. The zero-order valence-corrected chi connectivity index (χ0v) is 69.0. The van der Waals surface area contributed by atoms with E-state index in [-0.39, 0.29) is 0 Å². The number of aryl methyl sites for hydroxylation is 15. The molecular weight excluding hydrogens is 1390 g/mol. The van der Waals surface area contributed by atoms with Crippen LogP contribution >= 0.6 is 0 Å². The van der Waals surface area contributed by atoms with Gasteiger partial charge in [0, 0.05) is 113 Å². The lowest BCUT2D eigenvalue weighted by Crippen LogP contribution is -2.01. The minimum atomic E-state index is 0.782. The second-order valence-corrected chi connectivity index (χ2v) is 32.2. The van der Waals surface area contributed by atoms with Gasteiger partial charge in [-0.3, -0.25) is 9.97 Å². The molecule has 558 valence electrons. The fourth-order valence-electron chi connectivity index (χ4n) is 19.6. The minimum absolute atomic E-state index is 0.782. The average molecular weight is 1480 g/mol. The molecule has 0 bridgehead atoms. The number of aromatic nitrogens is 8. The summed E-state index contributed by atoms with van der Waals surface area (Å²) in [5, 5.41) is 9.69. The van der Waals surface area contributed by atoms with Crippen LogP contribution in [0.1, 0.15) is 109 Å². The molecule has 0 atom stereocenters. The number of fused-ring (bicyclic) bond motifs is 8. The van der Waals surface area contributed by atoms with Crippen LogP contribution in [0.2, 0.25) is 0 Å². The summed E-state index contributed by atoms with van der Waals surface area (Å²) in [7, 11) is 0. The zero-order valence-electron chi connectivity index (χ0n) is 69.0. The van der Waals surface area contributed by atoms with E-state index in [1.807, 2.05) is 13.8 Å². The van der Waals surface area contributed by atoms with Crippen LogP contribution in [0, 0.1) is 125 Å². The van der Waals surface area contributed by atoms with E-state index in [1.54, 1.807) is 0 Å². The third kappa shape index (κ3) is 12.0. The highest BCUT2D eigenvalue weighted by atomic mass is 15.0. The highest BCUT2D eigenvalue weighted by molar-refractivity contribution is 6.24. The molecule has 0 N–H and O–H groups in total. The maximum Gasteiger partial charge on any atom is 0.125 e. The van der Waals surface area contributed by atoms with Crippen LogP contribution in [-0.4, -0.2) is 39.0 Å². The van der Waals surface area contributed by atoms with Crippen molar-refractivity contribution in [1.82, 2.24) is 39.0 Å². The summed E-state index contributed by atoms with van der Waals surface area (Å²) in [6, 6.07) is 81.0. The molecule has 8 nitrogen and oxygen atoms in total. The van der Waals surface area contributed by atoms with Gasteiger partial charge in [-0.05, 0) is 378 Å². The lowest BCUT2D eigenvalue weighted by Gasteiger charge is -2.19. The number of rotatable bonds is 12. The summed E-state index contributed by atoms with van der Waals surface area (Å²) in [5.74, 6) is 1.56. The van der Waals surface area contributed by atoms with Crippen molar-refractivity contribution in [2.45, 2.75) is 138 Å². The standard InChI is InChI=1S/C106H94N8/c1-20-113-95-42-40-79(53-93(95)94-54-91(80-25-21-27-82(48-80)97-56(2)43-58(4)107-66(97)12)92(55-96(94)113)81-26-22-28-83(49-81)98-57(3)44-59(5)108-67(98)13)78-38-34-74-33-36-76(45-88(74)46-78)77-37-35-75-39-41-90(52-89(75)47-77)114-105-64(10)60(6)62(8)99(84-29-23-31-86(50-84)101-68(14)109-72(18)110-69(101)15)103(105)104-100(63(9)61(7)65(11)106(104)114)85-30-24-32-87(51-85)102-70(16)111-73(19)112-71(102)17/h21-55H,20H2,1-19H3. The Hall–Kier alpha value is -12.8. The van der Waals surface area contributed by atoms with Crippen molar-refractivity contribution in [3.8, 4) is 117 Å². The van der Waals surface area contributed by atoms with Gasteiger partial charge in [-0.15, -0.1) is 0 Å². The Labute approximate surface area is 669 Å². The van der Waals surface area contributed by atoms with Crippen LogP contribution in [0.4, 0.5) is 0 Å². The normalized spacial score (nSPS) is 11.9. The van der Waals surface area contributed by atoms with Gasteiger partial charge in [0.1, 0.15) is 11.6 Å². The van der Waals surface area contributed by atoms with Gasteiger partial charge in [0.2, 0.25) is 0 Å². The Morgan fingerprint density at radius 2 is 0.605 bits per heavy atom. The largest absolute Gasteiger partial charge is 0.341 e. The quantitative estimate of drug-likeness (QED) is 0.121. The molecule has 114 heavy (non-hydrogen) atoms. The molecule has 0 saturated carbocycles. The summed E-state index contributed by atoms with van der Waals surface area (Å²) in [4.78, 5) is 29.5. The Morgan fingerprint density at radius 3 is 1.04 bits per heavy atom. The molecule has 0 aliphatic carbocycles. The average Bonchev–Trinajstić information content (AvgIpc) is 1.53. The first-order valence-corrected chi connectivity index (χ1v) is 40.1. The van der Waals surface area contributed by atoms with Gasteiger partial charge in [0.05, 0.1) is 11.0 Å². The van der Waals surface area contributed by atoms with Gasteiger partial charge in [-0.1, -0.05) is 121 Å². The van der Waals surface area contributed by atoms with Gasteiger partial charge < -0.3 is 9.13 Å². The Morgan fingerprint density at radius 1 is 0.254 bits per heavy atom. The third-order valence-corrected chi connectivity index (χ3v) is 24.9. The Balaban J connectivity index is 0.779. The fourth-order valence-corrected chi connectivity index (χ4v) is 19.6. The van der Waals surface area contributed by atoms with E-state index in [1.165, 1.54) is 165 Å². The van der Waals surface area contributed by atoms with Crippen LogP contribution in [0.15, 0.2) is 212 Å². The molecule has 0 fully saturated rings. The van der Waals surface area contributed by atoms with Crippen LogP contribution in [0.3, 0.4) is 0 Å². The van der Waals surface area contributed by atoms with Crippen molar-refractivity contribution in [1.29, 1.82) is 0 Å². The molecular formula is C106H94N8. The first kappa shape index (κ1) is 72.7. The summed E-state index contributed by atoms with van der Waals surface area (Å²) >= 11 is 0. The maximum absolute atomic E-state index is 4.96.